The summed E-state index contributed by atoms with van der Waals surface area (Å²) in [5.74, 6) is 0. The Bertz CT molecular complexity index is 389. The lowest BCUT2D eigenvalue weighted by atomic mass is 9.84. The number of hydrogen-bond acceptors (Lipinski definition) is 2. The number of halogens is 2. The summed E-state index contributed by atoms with van der Waals surface area (Å²) in [4.78, 5) is 0. The highest BCUT2D eigenvalue weighted by molar-refractivity contribution is 6.31. The van der Waals surface area contributed by atoms with E-state index < -0.39 is 0 Å². The van der Waals surface area contributed by atoms with E-state index in [-0.39, 0.29) is 18.0 Å². The van der Waals surface area contributed by atoms with Gasteiger partial charge in [0.2, 0.25) is 0 Å². The Morgan fingerprint density at radius 2 is 2.00 bits per heavy atom. The lowest BCUT2D eigenvalue weighted by Gasteiger charge is -2.33. The summed E-state index contributed by atoms with van der Waals surface area (Å²) in [7, 11) is 0. The topological polar surface area (TPSA) is 21.3 Å². The molecule has 0 atom stereocenters. The van der Waals surface area contributed by atoms with E-state index in [1.54, 1.807) is 0 Å². The molecule has 0 bridgehead atoms. The molecule has 2 aliphatic rings. The molecule has 3 rings (SSSR count). The average Bonchev–Trinajstić information content (AvgIpc) is 2.61. The first-order chi connectivity index (χ1) is 7.32. The van der Waals surface area contributed by atoms with Gasteiger partial charge in [0.05, 0.1) is 12.2 Å². The van der Waals surface area contributed by atoms with Crippen LogP contribution in [0.5, 0.6) is 0 Å². The zero-order valence-corrected chi connectivity index (χ0v) is 10.5. The van der Waals surface area contributed by atoms with Crippen LogP contribution in [0.4, 0.5) is 0 Å². The minimum atomic E-state index is -0.0501. The fraction of sp³-hybridized carbons (Fsp3) is 0.500. The van der Waals surface area contributed by atoms with E-state index in [1.165, 1.54) is 11.1 Å². The van der Waals surface area contributed by atoms with E-state index in [1.807, 2.05) is 12.1 Å². The van der Waals surface area contributed by atoms with Gasteiger partial charge in [-0.3, -0.25) is 0 Å². The molecule has 1 aromatic rings. The molecule has 0 radical (unpaired) electrons. The summed E-state index contributed by atoms with van der Waals surface area (Å²) in [5, 5.41) is 4.22. The summed E-state index contributed by atoms with van der Waals surface area (Å²) in [5.41, 5.74) is 2.46. The highest BCUT2D eigenvalue weighted by Gasteiger charge is 2.41. The summed E-state index contributed by atoms with van der Waals surface area (Å²) >= 11 is 6.18. The minimum Gasteiger partial charge on any atom is -0.365 e. The number of piperidine rings is 1. The lowest BCUT2D eigenvalue weighted by molar-refractivity contribution is -0.0589. The van der Waals surface area contributed by atoms with Gasteiger partial charge in [-0.25, -0.2) is 0 Å². The molecule has 88 valence electrons. The van der Waals surface area contributed by atoms with Crippen molar-refractivity contribution in [2.75, 3.05) is 13.1 Å². The molecule has 2 nitrogen and oxygen atoms in total. The molecular formula is C12H15Cl2NO. The first kappa shape index (κ1) is 12.2. The number of nitrogens with one attached hydrogen (secondary N) is 1. The highest BCUT2D eigenvalue weighted by Crippen LogP contribution is 2.44. The molecule has 1 saturated heterocycles. The smallest absolute Gasteiger partial charge is 0.0964 e. The highest BCUT2D eigenvalue weighted by atomic mass is 35.5. The number of benzene rings is 1. The Balaban J connectivity index is 0.000000963. The van der Waals surface area contributed by atoms with Gasteiger partial charge < -0.3 is 10.1 Å². The van der Waals surface area contributed by atoms with Gasteiger partial charge in [-0.15, -0.1) is 12.4 Å². The predicted molar refractivity (Wildman–Crippen MR) is 67.3 cm³/mol. The Morgan fingerprint density at radius 3 is 2.75 bits per heavy atom. The summed E-state index contributed by atoms with van der Waals surface area (Å²) < 4.78 is 6.01. The third-order valence-electron chi connectivity index (χ3n) is 3.51. The molecule has 0 unspecified atom stereocenters. The van der Waals surface area contributed by atoms with Crippen LogP contribution in [0, 0.1) is 0 Å². The van der Waals surface area contributed by atoms with Gasteiger partial charge in [-0.1, -0.05) is 23.7 Å². The summed E-state index contributed by atoms with van der Waals surface area (Å²) in [6, 6.07) is 6.14. The molecule has 0 amide bonds. The van der Waals surface area contributed by atoms with Crippen molar-refractivity contribution in [2.24, 2.45) is 0 Å². The fourth-order valence-electron chi connectivity index (χ4n) is 2.66. The van der Waals surface area contributed by atoms with Gasteiger partial charge in [-0.05, 0) is 37.6 Å². The third kappa shape index (κ3) is 1.74. The largest absolute Gasteiger partial charge is 0.365 e. The molecule has 4 heteroatoms. The summed E-state index contributed by atoms with van der Waals surface area (Å²) in [6.45, 7) is 2.74. The van der Waals surface area contributed by atoms with E-state index in [0.717, 1.165) is 31.0 Å². The van der Waals surface area contributed by atoms with Crippen LogP contribution in [0.15, 0.2) is 18.2 Å². The van der Waals surface area contributed by atoms with Crippen molar-refractivity contribution in [2.45, 2.75) is 25.0 Å². The molecule has 1 aromatic carbocycles. The van der Waals surface area contributed by atoms with Gasteiger partial charge in [0, 0.05) is 10.6 Å². The Morgan fingerprint density at radius 1 is 1.25 bits per heavy atom. The van der Waals surface area contributed by atoms with Crippen molar-refractivity contribution in [1.29, 1.82) is 0 Å². The summed E-state index contributed by atoms with van der Waals surface area (Å²) in [6.07, 6.45) is 2.11. The van der Waals surface area contributed by atoms with Crippen molar-refractivity contribution in [1.82, 2.24) is 5.32 Å². The van der Waals surface area contributed by atoms with E-state index in [4.69, 9.17) is 16.3 Å². The number of hydrogen-bond donors (Lipinski definition) is 1. The third-order valence-corrected chi connectivity index (χ3v) is 3.87. The molecule has 0 saturated carbocycles. The maximum atomic E-state index is 6.18. The van der Waals surface area contributed by atoms with Gasteiger partial charge in [0.15, 0.2) is 0 Å². The Labute approximate surface area is 107 Å². The minimum absolute atomic E-state index is 0. The van der Waals surface area contributed by atoms with Crippen molar-refractivity contribution in [3.63, 3.8) is 0 Å². The SMILES string of the molecule is Cl.Clc1cccc2c1COC21CCNCC1. The molecule has 1 fully saturated rings. The van der Waals surface area contributed by atoms with Crippen molar-refractivity contribution < 1.29 is 4.74 Å². The number of ether oxygens (including phenoxy) is 1. The van der Waals surface area contributed by atoms with E-state index in [2.05, 4.69) is 11.4 Å². The Hall–Kier alpha value is -0.280. The molecular weight excluding hydrogens is 245 g/mol. The van der Waals surface area contributed by atoms with E-state index >= 15 is 0 Å². The van der Waals surface area contributed by atoms with Crippen molar-refractivity contribution in [3.8, 4) is 0 Å². The normalized spacial score (nSPS) is 21.6. The second-order valence-electron chi connectivity index (χ2n) is 4.30. The molecule has 1 N–H and O–H groups in total. The standard InChI is InChI=1S/C12H14ClNO.ClH/c13-11-3-1-2-10-9(11)8-15-12(10)4-6-14-7-5-12;/h1-3,14H,4-8H2;1H. The number of rotatable bonds is 0. The van der Waals surface area contributed by atoms with E-state index in [9.17, 15) is 0 Å². The van der Waals surface area contributed by atoms with Gasteiger partial charge in [0.1, 0.15) is 0 Å². The second kappa shape index (κ2) is 4.53. The first-order valence-electron chi connectivity index (χ1n) is 5.44. The number of fused-ring (bicyclic) bond motifs is 2. The Kier molecular flexibility index (Phi) is 3.45. The molecule has 0 aromatic heterocycles. The second-order valence-corrected chi connectivity index (χ2v) is 4.71. The van der Waals surface area contributed by atoms with Crippen LogP contribution in [-0.2, 0) is 16.9 Å². The molecule has 16 heavy (non-hydrogen) atoms. The van der Waals surface area contributed by atoms with Crippen LogP contribution in [0.3, 0.4) is 0 Å². The molecule has 1 spiro atoms. The quantitative estimate of drug-likeness (QED) is 0.774. The van der Waals surface area contributed by atoms with Crippen molar-refractivity contribution >= 4 is 24.0 Å². The van der Waals surface area contributed by atoms with Crippen LogP contribution < -0.4 is 5.32 Å². The van der Waals surface area contributed by atoms with Crippen molar-refractivity contribution in [3.05, 3.63) is 34.3 Å². The predicted octanol–water partition coefficient (Wildman–Crippen LogP) is 2.87. The van der Waals surface area contributed by atoms with Gasteiger partial charge in [0.25, 0.3) is 0 Å². The molecule has 2 aliphatic heterocycles. The van der Waals surface area contributed by atoms with Crippen LogP contribution >= 0.6 is 24.0 Å². The maximum absolute atomic E-state index is 6.18. The monoisotopic (exact) mass is 259 g/mol. The first-order valence-corrected chi connectivity index (χ1v) is 5.82. The van der Waals surface area contributed by atoms with Crippen LogP contribution in [0.1, 0.15) is 24.0 Å². The average molecular weight is 260 g/mol. The molecule has 2 heterocycles. The molecule has 0 aliphatic carbocycles. The zero-order chi connectivity index (χ0) is 10.3. The van der Waals surface area contributed by atoms with Gasteiger partial charge >= 0.3 is 0 Å². The van der Waals surface area contributed by atoms with Crippen LogP contribution in [0.25, 0.3) is 0 Å². The van der Waals surface area contributed by atoms with Crippen LogP contribution in [0.2, 0.25) is 5.02 Å². The maximum Gasteiger partial charge on any atom is 0.0964 e. The van der Waals surface area contributed by atoms with Gasteiger partial charge in [-0.2, -0.15) is 0 Å². The fourth-order valence-corrected chi connectivity index (χ4v) is 2.89. The zero-order valence-electron chi connectivity index (χ0n) is 8.96. The van der Waals surface area contributed by atoms with Crippen LogP contribution in [-0.4, -0.2) is 13.1 Å². The lowest BCUT2D eigenvalue weighted by Crippen LogP contribution is -2.39. The van der Waals surface area contributed by atoms with E-state index in [0.29, 0.717) is 6.61 Å².